The second kappa shape index (κ2) is 7.61. The first-order valence-electron chi connectivity index (χ1n) is 8.32. The number of carbonyl (C=O) groups is 2. The molecule has 2 rings (SSSR count). The van der Waals surface area contributed by atoms with Crippen LogP contribution in [0.4, 0.5) is 0 Å². The predicted molar refractivity (Wildman–Crippen MR) is 87.2 cm³/mol. The highest BCUT2D eigenvalue weighted by molar-refractivity contribution is 7.89. The van der Waals surface area contributed by atoms with Crippen LogP contribution in [0.25, 0.3) is 0 Å². The van der Waals surface area contributed by atoms with Crippen LogP contribution in [0.5, 0.6) is 0 Å². The molecule has 0 aromatic heterocycles. The fourth-order valence-electron chi connectivity index (χ4n) is 3.45. The lowest BCUT2D eigenvalue weighted by Gasteiger charge is -2.29. The molecular formula is C15H27N3O4S. The average molecular weight is 345 g/mol. The molecule has 1 aliphatic heterocycles. The van der Waals surface area contributed by atoms with Crippen molar-refractivity contribution in [1.82, 2.24) is 14.5 Å². The standard InChI is InChI=1S/C15H27N3O4S/c1-12(19)17-8-9-18(11-13(10-17)15(20)16-2)23(21,22)14-6-4-3-5-7-14/h13-14H,3-11H2,1-2H3,(H,16,20). The van der Waals surface area contributed by atoms with Gasteiger partial charge in [0.15, 0.2) is 0 Å². The lowest BCUT2D eigenvalue weighted by Crippen LogP contribution is -2.45. The van der Waals surface area contributed by atoms with Crippen LogP contribution in [-0.2, 0) is 19.6 Å². The average Bonchev–Trinajstić information content (AvgIpc) is 2.78. The molecular weight excluding hydrogens is 318 g/mol. The molecule has 1 N–H and O–H groups in total. The van der Waals surface area contributed by atoms with E-state index in [2.05, 4.69) is 5.32 Å². The summed E-state index contributed by atoms with van der Waals surface area (Å²) < 4.78 is 27.3. The summed E-state index contributed by atoms with van der Waals surface area (Å²) in [4.78, 5) is 25.3. The Morgan fingerprint density at radius 3 is 2.26 bits per heavy atom. The summed E-state index contributed by atoms with van der Waals surface area (Å²) in [5.74, 6) is -0.873. The third kappa shape index (κ3) is 4.23. The smallest absolute Gasteiger partial charge is 0.225 e. The largest absolute Gasteiger partial charge is 0.359 e. The molecule has 2 amide bonds. The van der Waals surface area contributed by atoms with Gasteiger partial charge in [0.05, 0.1) is 11.2 Å². The maximum atomic E-state index is 12.9. The van der Waals surface area contributed by atoms with Crippen molar-refractivity contribution in [3.63, 3.8) is 0 Å². The monoisotopic (exact) mass is 345 g/mol. The highest BCUT2D eigenvalue weighted by Crippen LogP contribution is 2.27. The van der Waals surface area contributed by atoms with Crippen LogP contribution >= 0.6 is 0 Å². The molecule has 1 saturated carbocycles. The molecule has 132 valence electrons. The van der Waals surface area contributed by atoms with E-state index in [0.717, 1.165) is 19.3 Å². The summed E-state index contributed by atoms with van der Waals surface area (Å²) in [5, 5.41) is 2.23. The van der Waals surface area contributed by atoms with E-state index in [9.17, 15) is 18.0 Å². The van der Waals surface area contributed by atoms with Crippen LogP contribution in [0.2, 0.25) is 0 Å². The molecule has 1 saturated heterocycles. The highest BCUT2D eigenvalue weighted by atomic mass is 32.2. The van der Waals surface area contributed by atoms with Crippen LogP contribution in [0.1, 0.15) is 39.0 Å². The molecule has 1 unspecified atom stereocenters. The van der Waals surface area contributed by atoms with Crippen LogP contribution in [-0.4, -0.2) is 67.9 Å². The number of nitrogens with zero attached hydrogens (tertiary/aromatic N) is 2. The van der Waals surface area contributed by atoms with E-state index in [1.165, 1.54) is 18.3 Å². The van der Waals surface area contributed by atoms with Gasteiger partial charge in [-0.2, -0.15) is 4.31 Å². The van der Waals surface area contributed by atoms with Crippen LogP contribution in [0.3, 0.4) is 0 Å². The normalized spacial score (nSPS) is 25.0. The number of amides is 2. The van der Waals surface area contributed by atoms with Gasteiger partial charge in [-0.3, -0.25) is 9.59 Å². The Kier molecular flexibility index (Phi) is 6.02. The molecule has 1 atom stereocenters. The Balaban J connectivity index is 2.20. The summed E-state index contributed by atoms with van der Waals surface area (Å²) in [6.45, 7) is 2.49. The van der Waals surface area contributed by atoms with Gasteiger partial charge in [-0.25, -0.2) is 8.42 Å². The molecule has 2 fully saturated rings. The second-order valence-electron chi connectivity index (χ2n) is 6.44. The first-order chi connectivity index (χ1) is 10.9. The Hall–Kier alpha value is -1.15. The molecule has 2 aliphatic rings. The number of hydrogen-bond donors (Lipinski definition) is 1. The van der Waals surface area contributed by atoms with Crippen molar-refractivity contribution in [3.05, 3.63) is 0 Å². The maximum absolute atomic E-state index is 12.9. The third-order valence-electron chi connectivity index (χ3n) is 4.88. The van der Waals surface area contributed by atoms with Crippen molar-refractivity contribution in [2.24, 2.45) is 5.92 Å². The molecule has 0 spiro atoms. The van der Waals surface area contributed by atoms with E-state index in [1.807, 2.05) is 0 Å². The van der Waals surface area contributed by atoms with Crippen molar-refractivity contribution >= 4 is 21.8 Å². The molecule has 1 aliphatic carbocycles. The fraction of sp³-hybridized carbons (Fsp3) is 0.867. The summed E-state index contributed by atoms with van der Waals surface area (Å²) in [5.41, 5.74) is 0. The molecule has 23 heavy (non-hydrogen) atoms. The quantitative estimate of drug-likeness (QED) is 0.790. The van der Waals surface area contributed by atoms with Crippen LogP contribution in [0.15, 0.2) is 0 Å². The van der Waals surface area contributed by atoms with E-state index in [1.54, 1.807) is 4.90 Å². The zero-order valence-electron chi connectivity index (χ0n) is 14.0. The minimum Gasteiger partial charge on any atom is -0.359 e. The topological polar surface area (TPSA) is 86.8 Å². The summed E-state index contributed by atoms with van der Waals surface area (Å²) in [6, 6.07) is 0. The Labute approximate surface area is 138 Å². The van der Waals surface area contributed by atoms with E-state index in [0.29, 0.717) is 19.4 Å². The van der Waals surface area contributed by atoms with Gasteiger partial charge < -0.3 is 10.2 Å². The molecule has 0 aromatic carbocycles. The number of hydrogen-bond acceptors (Lipinski definition) is 4. The minimum atomic E-state index is -3.42. The van der Waals surface area contributed by atoms with Crippen LogP contribution in [0, 0.1) is 5.92 Å². The number of nitrogens with one attached hydrogen (secondary N) is 1. The predicted octanol–water partition coefficient (Wildman–Crippen LogP) is 0.175. The van der Waals surface area contributed by atoms with E-state index < -0.39 is 15.9 Å². The zero-order chi connectivity index (χ0) is 17.0. The Bertz CT molecular complexity index is 543. The third-order valence-corrected chi connectivity index (χ3v) is 7.25. The molecule has 0 radical (unpaired) electrons. The van der Waals surface area contributed by atoms with Gasteiger partial charge in [-0.05, 0) is 12.8 Å². The minimum absolute atomic E-state index is 0.129. The van der Waals surface area contributed by atoms with Crippen molar-refractivity contribution in [1.29, 1.82) is 0 Å². The van der Waals surface area contributed by atoms with E-state index >= 15 is 0 Å². The van der Waals surface area contributed by atoms with Crippen molar-refractivity contribution < 1.29 is 18.0 Å². The summed E-state index contributed by atoms with van der Waals surface area (Å²) in [6.07, 6.45) is 4.36. The fourth-order valence-corrected chi connectivity index (χ4v) is 5.52. The van der Waals surface area contributed by atoms with Gasteiger partial charge in [0.25, 0.3) is 0 Å². The second-order valence-corrected chi connectivity index (χ2v) is 8.65. The number of carbonyl (C=O) groups excluding carboxylic acids is 2. The van der Waals surface area contributed by atoms with E-state index in [4.69, 9.17) is 0 Å². The number of rotatable bonds is 3. The van der Waals surface area contributed by atoms with Gasteiger partial charge in [0.2, 0.25) is 21.8 Å². The van der Waals surface area contributed by atoms with Gasteiger partial charge in [0, 0.05) is 40.2 Å². The van der Waals surface area contributed by atoms with Gasteiger partial charge in [-0.15, -0.1) is 0 Å². The van der Waals surface area contributed by atoms with Crippen molar-refractivity contribution in [2.75, 3.05) is 33.2 Å². The Morgan fingerprint density at radius 2 is 1.70 bits per heavy atom. The highest BCUT2D eigenvalue weighted by Gasteiger charge is 2.38. The molecule has 1 heterocycles. The molecule has 0 bridgehead atoms. The van der Waals surface area contributed by atoms with Crippen LogP contribution < -0.4 is 5.32 Å². The molecule has 8 heteroatoms. The number of sulfonamides is 1. The van der Waals surface area contributed by atoms with Gasteiger partial charge in [-0.1, -0.05) is 19.3 Å². The van der Waals surface area contributed by atoms with Crippen molar-refractivity contribution in [3.8, 4) is 0 Å². The first-order valence-corrected chi connectivity index (χ1v) is 9.82. The maximum Gasteiger partial charge on any atom is 0.225 e. The summed E-state index contributed by atoms with van der Waals surface area (Å²) in [7, 11) is -1.88. The zero-order valence-corrected chi connectivity index (χ0v) is 14.8. The lowest BCUT2D eigenvalue weighted by molar-refractivity contribution is -0.130. The summed E-state index contributed by atoms with van der Waals surface area (Å²) >= 11 is 0. The first kappa shape index (κ1) is 18.2. The molecule has 7 nitrogen and oxygen atoms in total. The SMILES string of the molecule is CNC(=O)C1CN(C(C)=O)CCN(S(=O)(=O)C2CCCCC2)C1. The lowest BCUT2D eigenvalue weighted by atomic mass is 10.0. The molecule has 0 aromatic rings. The van der Waals surface area contributed by atoms with Gasteiger partial charge in [0.1, 0.15) is 0 Å². The van der Waals surface area contributed by atoms with Crippen molar-refractivity contribution in [2.45, 2.75) is 44.3 Å². The van der Waals surface area contributed by atoms with Gasteiger partial charge >= 0.3 is 0 Å². The Morgan fingerprint density at radius 1 is 1.04 bits per heavy atom. The van der Waals surface area contributed by atoms with E-state index in [-0.39, 0.29) is 36.7 Å².